The summed E-state index contributed by atoms with van der Waals surface area (Å²) >= 11 is 0. The first-order chi connectivity index (χ1) is 8.74. The van der Waals surface area contributed by atoms with Crippen molar-refractivity contribution in [3.05, 3.63) is 29.3 Å². The fourth-order valence-corrected chi connectivity index (χ4v) is 2.59. The Bertz CT molecular complexity index is 383. The van der Waals surface area contributed by atoms with Gasteiger partial charge >= 0.3 is 0 Å². The van der Waals surface area contributed by atoms with Crippen LogP contribution in [0.2, 0.25) is 0 Å². The molecule has 0 spiro atoms. The van der Waals surface area contributed by atoms with Crippen LogP contribution in [0, 0.1) is 5.92 Å². The largest absolute Gasteiger partial charge is 0.493 e. The van der Waals surface area contributed by atoms with Gasteiger partial charge in [-0.25, -0.2) is 0 Å². The van der Waals surface area contributed by atoms with Gasteiger partial charge in [-0.3, -0.25) is 0 Å². The Hall–Kier alpha value is -1.02. The third-order valence-electron chi connectivity index (χ3n) is 4.04. The third-order valence-corrected chi connectivity index (χ3v) is 4.04. The van der Waals surface area contributed by atoms with E-state index in [9.17, 15) is 5.11 Å². The van der Waals surface area contributed by atoms with E-state index >= 15 is 0 Å². The van der Waals surface area contributed by atoms with Crippen LogP contribution in [0.25, 0.3) is 0 Å². The van der Waals surface area contributed by atoms with Crippen molar-refractivity contribution in [2.24, 2.45) is 5.92 Å². The molecule has 0 bridgehead atoms. The van der Waals surface area contributed by atoms with E-state index in [1.165, 1.54) is 18.4 Å². The van der Waals surface area contributed by atoms with Gasteiger partial charge in [0.2, 0.25) is 0 Å². The van der Waals surface area contributed by atoms with Crippen LogP contribution in [-0.2, 0) is 6.42 Å². The maximum absolute atomic E-state index is 9.91. The molecule has 2 nitrogen and oxygen atoms in total. The van der Waals surface area contributed by atoms with Crippen LogP contribution < -0.4 is 4.74 Å². The van der Waals surface area contributed by atoms with Gasteiger partial charge in [0.1, 0.15) is 5.75 Å². The number of hydrogen-bond acceptors (Lipinski definition) is 2. The molecule has 2 rings (SSSR count). The standard InChI is InChI=1S/C16H24O2/c1-3-12(4-2)11-18-14-8-9-15-13(10-14)6-5-7-16(15)17/h8-10,12,16-17H,3-7,11H2,1-2H3. The number of aryl methyl sites for hydroxylation is 1. The molecule has 1 aromatic rings. The van der Waals surface area contributed by atoms with Crippen molar-refractivity contribution in [3.63, 3.8) is 0 Å². The van der Waals surface area contributed by atoms with Gasteiger partial charge in [-0.2, -0.15) is 0 Å². The van der Waals surface area contributed by atoms with E-state index in [0.29, 0.717) is 5.92 Å². The van der Waals surface area contributed by atoms with Gasteiger partial charge < -0.3 is 9.84 Å². The summed E-state index contributed by atoms with van der Waals surface area (Å²) in [4.78, 5) is 0. The number of ether oxygens (including phenoxy) is 1. The molecule has 0 fully saturated rings. The average Bonchev–Trinajstić information content (AvgIpc) is 2.40. The van der Waals surface area contributed by atoms with E-state index in [1.54, 1.807) is 0 Å². The van der Waals surface area contributed by atoms with Gasteiger partial charge in [0.15, 0.2) is 0 Å². The molecule has 0 radical (unpaired) electrons. The Morgan fingerprint density at radius 2 is 2.11 bits per heavy atom. The normalized spacial score (nSPS) is 18.8. The van der Waals surface area contributed by atoms with Crippen LogP contribution in [0.5, 0.6) is 5.75 Å². The number of aliphatic hydroxyl groups excluding tert-OH is 1. The Kier molecular flexibility index (Phi) is 4.65. The molecular weight excluding hydrogens is 224 g/mol. The van der Waals surface area contributed by atoms with E-state index in [0.717, 1.165) is 37.2 Å². The predicted molar refractivity (Wildman–Crippen MR) is 73.9 cm³/mol. The van der Waals surface area contributed by atoms with Crippen LogP contribution in [0.1, 0.15) is 56.8 Å². The lowest BCUT2D eigenvalue weighted by Crippen LogP contribution is -2.12. The number of rotatable bonds is 5. The van der Waals surface area contributed by atoms with Gasteiger partial charge in [-0.15, -0.1) is 0 Å². The summed E-state index contributed by atoms with van der Waals surface area (Å²) in [6.45, 7) is 5.22. The van der Waals surface area contributed by atoms with Gasteiger partial charge in [0, 0.05) is 0 Å². The van der Waals surface area contributed by atoms with E-state index in [1.807, 2.05) is 12.1 Å². The minimum Gasteiger partial charge on any atom is -0.493 e. The summed E-state index contributed by atoms with van der Waals surface area (Å²) in [7, 11) is 0. The molecule has 0 aromatic heterocycles. The molecule has 0 saturated heterocycles. The summed E-state index contributed by atoms with van der Waals surface area (Å²) in [5.74, 6) is 1.60. The number of fused-ring (bicyclic) bond motifs is 1. The van der Waals surface area contributed by atoms with Crippen LogP contribution in [-0.4, -0.2) is 11.7 Å². The van der Waals surface area contributed by atoms with E-state index in [-0.39, 0.29) is 6.10 Å². The minimum absolute atomic E-state index is 0.276. The third kappa shape index (κ3) is 3.05. The first-order valence-electron chi connectivity index (χ1n) is 7.18. The topological polar surface area (TPSA) is 29.5 Å². The van der Waals surface area contributed by atoms with Gasteiger partial charge in [-0.1, -0.05) is 32.8 Å². The average molecular weight is 248 g/mol. The Balaban J connectivity index is 2.02. The summed E-state index contributed by atoms with van der Waals surface area (Å²) in [6, 6.07) is 6.14. The Labute approximate surface area is 110 Å². The lowest BCUT2D eigenvalue weighted by Gasteiger charge is -2.22. The molecule has 1 aromatic carbocycles. The van der Waals surface area contributed by atoms with Crippen LogP contribution >= 0.6 is 0 Å². The molecule has 1 N–H and O–H groups in total. The molecule has 0 aliphatic heterocycles. The summed E-state index contributed by atoms with van der Waals surface area (Å²) in [6.07, 6.45) is 5.09. The molecular formula is C16H24O2. The smallest absolute Gasteiger partial charge is 0.119 e. The highest BCUT2D eigenvalue weighted by molar-refractivity contribution is 5.38. The SMILES string of the molecule is CCC(CC)COc1ccc2c(c1)CCCC2O. The minimum atomic E-state index is -0.276. The molecule has 0 amide bonds. The highest BCUT2D eigenvalue weighted by Gasteiger charge is 2.18. The molecule has 1 aliphatic rings. The zero-order valence-corrected chi connectivity index (χ0v) is 11.5. The maximum atomic E-state index is 9.91. The lowest BCUT2D eigenvalue weighted by molar-refractivity contribution is 0.156. The lowest BCUT2D eigenvalue weighted by atomic mass is 9.89. The Morgan fingerprint density at radius 3 is 2.83 bits per heavy atom. The molecule has 1 atom stereocenters. The number of hydrogen-bond donors (Lipinski definition) is 1. The quantitative estimate of drug-likeness (QED) is 0.857. The zero-order chi connectivity index (χ0) is 13.0. The fraction of sp³-hybridized carbons (Fsp3) is 0.625. The predicted octanol–water partition coefficient (Wildman–Crippen LogP) is 3.87. The summed E-state index contributed by atoms with van der Waals surface area (Å²) < 4.78 is 5.87. The van der Waals surface area contributed by atoms with Crippen molar-refractivity contribution in [1.82, 2.24) is 0 Å². The van der Waals surface area contributed by atoms with Gasteiger partial charge in [0.05, 0.1) is 12.7 Å². The zero-order valence-electron chi connectivity index (χ0n) is 11.5. The van der Waals surface area contributed by atoms with Crippen molar-refractivity contribution in [2.75, 3.05) is 6.61 Å². The highest BCUT2D eigenvalue weighted by atomic mass is 16.5. The number of benzene rings is 1. The first kappa shape index (κ1) is 13.4. The second-order valence-corrected chi connectivity index (χ2v) is 5.26. The van der Waals surface area contributed by atoms with Crippen molar-refractivity contribution in [1.29, 1.82) is 0 Å². The summed E-state index contributed by atoms with van der Waals surface area (Å²) in [5, 5.41) is 9.91. The van der Waals surface area contributed by atoms with E-state index in [4.69, 9.17) is 4.74 Å². The van der Waals surface area contributed by atoms with Crippen molar-refractivity contribution in [2.45, 2.75) is 52.1 Å². The maximum Gasteiger partial charge on any atom is 0.119 e. The molecule has 100 valence electrons. The van der Waals surface area contributed by atoms with E-state index < -0.39 is 0 Å². The van der Waals surface area contributed by atoms with Crippen molar-refractivity contribution >= 4 is 0 Å². The molecule has 2 heteroatoms. The monoisotopic (exact) mass is 248 g/mol. The van der Waals surface area contributed by atoms with Crippen LogP contribution in [0.15, 0.2) is 18.2 Å². The second-order valence-electron chi connectivity index (χ2n) is 5.26. The Morgan fingerprint density at radius 1 is 1.33 bits per heavy atom. The van der Waals surface area contributed by atoms with Crippen LogP contribution in [0.4, 0.5) is 0 Å². The molecule has 0 heterocycles. The molecule has 18 heavy (non-hydrogen) atoms. The molecule has 1 unspecified atom stereocenters. The second kappa shape index (κ2) is 6.24. The molecule has 0 saturated carbocycles. The van der Waals surface area contributed by atoms with Crippen LogP contribution in [0.3, 0.4) is 0 Å². The molecule has 1 aliphatic carbocycles. The number of aliphatic hydroxyl groups is 1. The highest BCUT2D eigenvalue weighted by Crippen LogP contribution is 2.32. The summed E-state index contributed by atoms with van der Waals surface area (Å²) in [5.41, 5.74) is 2.35. The first-order valence-corrected chi connectivity index (χ1v) is 7.18. The van der Waals surface area contributed by atoms with Gasteiger partial charge in [-0.05, 0) is 48.4 Å². The van der Waals surface area contributed by atoms with Crippen molar-refractivity contribution < 1.29 is 9.84 Å². The van der Waals surface area contributed by atoms with Gasteiger partial charge in [0.25, 0.3) is 0 Å². The van der Waals surface area contributed by atoms with Crippen molar-refractivity contribution in [3.8, 4) is 5.75 Å². The van der Waals surface area contributed by atoms with E-state index in [2.05, 4.69) is 19.9 Å². The fourth-order valence-electron chi connectivity index (χ4n) is 2.59.